The van der Waals surface area contributed by atoms with Crippen LogP contribution in [0.5, 0.6) is 0 Å². The predicted octanol–water partition coefficient (Wildman–Crippen LogP) is 2.75. The molecule has 0 radical (unpaired) electrons. The van der Waals surface area contributed by atoms with Crippen molar-refractivity contribution in [3.63, 3.8) is 0 Å². The molecule has 6 nitrogen and oxygen atoms in total. The molecule has 0 aliphatic carbocycles. The topological polar surface area (TPSA) is 62.5 Å². The Morgan fingerprint density at radius 2 is 2.04 bits per heavy atom. The molecule has 3 aromatic rings. The molecule has 1 aromatic carbocycles. The van der Waals surface area contributed by atoms with Gasteiger partial charge in [-0.1, -0.05) is 13.0 Å². The fraction of sp³-hybridized carbons (Fsp3) is 0.316. The molecule has 4 rings (SSSR count). The van der Waals surface area contributed by atoms with Crippen LogP contribution in [0.15, 0.2) is 47.2 Å². The van der Waals surface area contributed by atoms with Gasteiger partial charge >= 0.3 is 0 Å². The van der Waals surface area contributed by atoms with Crippen LogP contribution in [0.25, 0.3) is 11.0 Å². The lowest BCUT2D eigenvalue weighted by Crippen LogP contribution is -2.49. The number of aromatic nitrogens is 2. The van der Waals surface area contributed by atoms with Crippen LogP contribution >= 0.6 is 0 Å². The Morgan fingerprint density at radius 3 is 2.76 bits per heavy atom. The fourth-order valence-electron chi connectivity index (χ4n) is 3.23. The smallest absolute Gasteiger partial charge is 0.257 e. The van der Waals surface area contributed by atoms with Gasteiger partial charge in [0, 0.05) is 37.8 Å². The van der Waals surface area contributed by atoms with Gasteiger partial charge in [0.2, 0.25) is 0 Å². The highest BCUT2D eigenvalue weighted by molar-refractivity contribution is 6.06. The molecule has 0 saturated carbocycles. The molecule has 1 amide bonds. The number of benzene rings is 1. The second-order valence-electron chi connectivity index (χ2n) is 6.19. The zero-order chi connectivity index (χ0) is 17.2. The monoisotopic (exact) mass is 336 g/mol. The molecule has 6 heteroatoms. The third kappa shape index (κ3) is 2.95. The van der Waals surface area contributed by atoms with Gasteiger partial charge in [-0.2, -0.15) is 5.10 Å². The molecule has 2 aromatic heterocycles. The third-order valence-corrected chi connectivity index (χ3v) is 4.73. The lowest BCUT2D eigenvalue weighted by atomic mass is 10.1. The molecular formula is C19H20N4O2. The van der Waals surface area contributed by atoms with E-state index in [4.69, 9.17) is 4.42 Å². The Balaban J connectivity index is 1.51. The van der Waals surface area contributed by atoms with Crippen LogP contribution in [-0.2, 0) is 6.42 Å². The van der Waals surface area contributed by atoms with E-state index >= 15 is 0 Å². The van der Waals surface area contributed by atoms with E-state index in [0.717, 1.165) is 36.3 Å². The first-order chi connectivity index (χ1) is 12.3. The Bertz CT molecular complexity index is 883. The standard InChI is InChI=1S/C19H20N4O2/c1-2-14-5-6-17-15(12-14)16(13-25-17)19(24)23-10-8-22(9-11-23)18-4-3-7-20-21-18/h3-7,12-13H,2,8-11H2,1H3. The van der Waals surface area contributed by atoms with Crippen molar-refractivity contribution in [3.05, 3.63) is 53.9 Å². The molecule has 3 heterocycles. The van der Waals surface area contributed by atoms with E-state index in [2.05, 4.69) is 28.1 Å². The van der Waals surface area contributed by atoms with Crippen LogP contribution in [-0.4, -0.2) is 47.2 Å². The number of rotatable bonds is 3. The zero-order valence-electron chi connectivity index (χ0n) is 14.2. The zero-order valence-corrected chi connectivity index (χ0v) is 14.2. The van der Waals surface area contributed by atoms with Crippen molar-refractivity contribution >= 4 is 22.7 Å². The van der Waals surface area contributed by atoms with Crippen molar-refractivity contribution in [1.29, 1.82) is 0 Å². The highest BCUT2D eigenvalue weighted by Gasteiger charge is 2.25. The van der Waals surface area contributed by atoms with Gasteiger partial charge < -0.3 is 14.2 Å². The number of carbonyl (C=O) groups is 1. The first-order valence-corrected chi connectivity index (χ1v) is 8.58. The number of piperazine rings is 1. The first-order valence-electron chi connectivity index (χ1n) is 8.58. The quantitative estimate of drug-likeness (QED) is 0.736. The van der Waals surface area contributed by atoms with Gasteiger partial charge in [-0.3, -0.25) is 4.79 Å². The van der Waals surface area contributed by atoms with E-state index in [1.54, 1.807) is 12.5 Å². The minimum atomic E-state index is 0.0331. The van der Waals surface area contributed by atoms with Crippen molar-refractivity contribution in [2.24, 2.45) is 0 Å². The fourth-order valence-corrected chi connectivity index (χ4v) is 3.23. The van der Waals surface area contributed by atoms with E-state index in [-0.39, 0.29) is 5.91 Å². The Hall–Kier alpha value is -2.89. The van der Waals surface area contributed by atoms with Gasteiger partial charge in [0.1, 0.15) is 11.8 Å². The molecule has 0 atom stereocenters. The van der Waals surface area contributed by atoms with E-state index < -0.39 is 0 Å². The van der Waals surface area contributed by atoms with Crippen LogP contribution in [0.4, 0.5) is 5.82 Å². The highest BCUT2D eigenvalue weighted by Crippen LogP contribution is 2.25. The number of hydrogen-bond acceptors (Lipinski definition) is 5. The molecular weight excluding hydrogens is 316 g/mol. The number of nitrogens with zero attached hydrogens (tertiary/aromatic N) is 4. The Morgan fingerprint density at radius 1 is 1.20 bits per heavy atom. The van der Waals surface area contributed by atoms with Crippen LogP contribution in [0.2, 0.25) is 0 Å². The summed E-state index contributed by atoms with van der Waals surface area (Å²) < 4.78 is 5.57. The van der Waals surface area contributed by atoms with E-state index in [9.17, 15) is 4.79 Å². The summed E-state index contributed by atoms with van der Waals surface area (Å²) in [6.45, 7) is 4.93. The predicted molar refractivity (Wildman–Crippen MR) is 95.7 cm³/mol. The Labute approximate surface area is 146 Å². The Kier molecular flexibility index (Phi) is 4.09. The summed E-state index contributed by atoms with van der Waals surface area (Å²) in [5.41, 5.74) is 2.62. The number of amides is 1. The highest BCUT2D eigenvalue weighted by atomic mass is 16.3. The van der Waals surface area contributed by atoms with Gasteiger partial charge in [-0.15, -0.1) is 5.10 Å². The second-order valence-corrected chi connectivity index (χ2v) is 6.19. The number of anilines is 1. The number of aryl methyl sites for hydroxylation is 1. The van der Waals surface area contributed by atoms with Crippen molar-refractivity contribution in [2.75, 3.05) is 31.1 Å². The summed E-state index contributed by atoms with van der Waals surface area (Å²) in [7, 11) is 0. The average molecular weight is 336 g/mol. The molecule has 0 N–H and O–H groups in total. The van der Waals surface area contributed by atoms with Gasteiger partial charge in [0.05, 0.1) is 5.56 Å². The first kappa shape index (κ1) is 15.6. The minimum Gasteiger partial charge on any atom is -0.463 e. The SMILES string of the molecule is CCc1ccc2occ(C(=O)N3CCN(c4cccnn4)CC3)c2c1. The number of hydrogen-bond donors (Lipinski definition) is 0. The maximum absolute atomic E-state index is 12.9. The van der Waals surface area contributed by atoms with Crippen LogP contribution in [0.1, 0.15) is 22.8 Å². The normalized spacial score (nSPS) is 14.9. The van der Waals surface area contributed by atoms with Gasteiger partial charge in [-0.05, 0) is 36.2 Å². The molecule has 0 bridgehead atoms. The lowest BCUT2D eigenvalue weighted by molar-refractivity contribution is 0.0747. The minimum absolute atomic E-state index is 0.0331. The molecule has 1 aliphatic heterocycles. The third-order valence-electron chi connectivity index (χ3n) is 4.73. The van der Waals surface area contributed by atoms with Crippen LogP contribution in [0.3, 0.4) is 0 Å². The lowest BCUT2D eigenvalue weighted by Gasteiger charge is -2.35. The van der Waals surface area contributed by atoms with Crippen molar-refractivity contribution in [3.8, 4) is 0 Å². The molecule has 25 heavy (non-hydrogen) atoms. The van der Waals surface area contributed by atoms with Crippen LogP contribution < -0.4 is 4.90 Å². The molecule has 1 aliphatic rings. The van der Waals surface area contributed by atoms with Crippen molar-refractivity contribution < 1.29 is 9.21 Å². The summed E-state index contributed by atoms with van der Waals surface area (Å²) in [5.74, 6) is 0.891. The van der Waals surface area contributed by atoms with Gasteiger partial charge in [-0.25, -0.2) is 0 Å². The van der Waals surface area contributed by atoms with E-state index in [1.165, 1.54) is 5.56 Å². The van der Waals surface area contributed by atoms with Crippen molar-refractivity contribution in [2.45, 2.75) is 13.3 Å². The van der Waals surface area contributed by atoms with Crippen molar-refractivity contribution in [1.82, 2.24) is 15.1 Å². The van der Waals surface area contributed by atoms with E-state index in [1.807, 2.05) is 29.2 Å². The molecule has 1 fully saturated rings. The summed E-state index contributed by atoms with van der Waals surface area (Å²) in [6.07, 6.45) is 4.19. The molecule has 1 saturated heterocycles. The molecule has 128 valence electrons. The molecule has 0 spiro atoms. The van der Waals surface area contributed by atoms with Gasteiger partial charge in [0.15, 0.2) is 5.82 Å². The maximum Gasteiger partial charge on any atom is 0.257 e. The largest absolute Gasteiger partial charge is 0.463 e. The summed E-state index contributed by atoms with van der Waals surface area (Å²) >= 11 is 0. The van der Waals surface area contributed by atoms with Gasteiger partial charge in [0.25, 0.3) is 5.91 Å². The van der Waals surface area contributed by atoms with Crippen LogP contribution in [0, 0.1) is 0 Å². The number of furan rings is 1. The number of fused-ring (bicyclic) bond motifs is 1. The average Bonchev–Trinajstić information content (AvgIpc) is 3.11. The van der Waals surface area contributed by atoms with E-state index in [0.29, 0.717) is 18.7 Å². The number of carbonyl (C=O) groups excluding carboxylic acids is 1. The second kappa shape index (κ2) is 6.55. The summed E-state index contributed by atoms with van der Waals surface area (Å²) in [4.78, 5) is 17.0. The summed E-state index contributed by atoms with van der Waals surface area (Å²) in [6, 6.07) is 9.86. The maximum atomic E-state index is 12.9. The molecule has 0 unspecified atom stereocenters. The summed E-state index contributed by atoms with van der Waals surface area (Å²) in [5, 5.41) is 8.96.